The predicted molar refractivity (Wildman–Crippen MR) is 85.3 cm³/mol. The highest BCUT2D eigenvalue weighted by molar-refractivity contribution is 5.85. The van der Waals surface area contributed by atoms with Crippen LogP contribution in [0.5, 0.6) is 0 Å². The zero-order valence-corrected chi connectivity index (χ0v) is 13.6. The first-order valence-corrected chi connectivity index (χ1v) is 8.42. The molecule has 0 aromatic heterocycles. The lowest BCUT2D eigenvalue weighted by Crippen LogP contribution is -2.53. The maximum Gasteiger partial charge on any atom is 0.227 e. The van der Waals surface area contributed by atoms with Crippen LogP contribution >= 0.6 is 12.4 Å². The van der Waals surface area contributed by atoms with Gasteiger partial charge >= 0.3 is 0 Å². The Morgan fingerprint density at radius 3 is 2.14 bits per heavy atom. The number of rotatable bonds is 1. The van der Waals surface area contributed by atoms with Crippen LogP contribution in [-0.4, -0.2) is 40.1 Å². The molecule has 2 heterocycles. The monoisotopic (exact) mass is 316 g/mol. The van der Waals surface area contributed by atoms with Gasteiger partial charge in [0.2, 0.25) is 5.91 Å². The van der Waals surface area contributed by atoms with Gasteiger partial charge in [-0.3, -0.25) is 4.79 Å². The van der Waals surface area contributed by atoms with E-state index >= 15 is 0 Å². The summed E-state index contributed by atoms with van der Waals surface area (Å²) >= 11 is 0. The summed E-state index contributed by atoms with van der Waals surface area (Å²) in [6, 6.07) is 0.580. The van der Waals surface area contributed by atoms with Gasteiger partial charge in [-0.05, 0) is 38.5 Å². The number of amides is 1. The largest absolute Gasteiger partial charge is 0.393 e. The first kappa shape index (κ1) is 17.0. The van der Waals surface area contributed by atoms with Gasteiger partial charge in [-0.15, -0.1) is 12.4 Å². The van der Waals surface area contributed by atoms with Crippen molar-refractivity contribution in [2.75, 3.05) is 0 Å². The van der Waals surface area contributed by atoms with Gasteiger partial charge in [0.15, 0.2) is 0 Å². The molecule has 1 amide bonds. The normalized spacial score (nSPS) is 40.1. The number of aliphatic hydroxyl groups excluding tert-OH is 1. The number of aliphatic hydroxyl groups is 1. The van der Waals surface area contributed by atoms with E-state index in [1.165, 1.54) is 12.8 Å². The number of nitrogens with zero attached hydrogens (tertiary/aromatic N) is 1. The van der Waals surface area contributed by atoms with E-state index in [1.54, 1.807) is 0 Å². The van der Waals surface area contributed by atoms with Gasteiger partial charge < -0.3 is 15.7 Å². The average Bonchev–Trinajstić information content (AvgIpc) is 2.66. The third-order valence-corrected chi connectivity index (χ3v) is 5.60. The average molecular weight is 317 g/mol. The lowest BCUT2D eigenvalue weighted by molar-refractivity contribution is -0.143. The highest BCUT2D eigenvalue weighted by Crippen LogP contribution is 2.38. The van der Waals surface area contributed by atoms with Crippen LogP contribution in [0.25, 0.3) is 0 Å². The third kappa shape index (κ3) is 3.54. The molecule has 3 N–H and O–H groups in total. The molecule has 122 valence electrons. The molecule has 4 nitrogen and oxygen atoms in total. The Morgan fingerprint density at radius 2 is 1.52 bits per heavy atom. The number of nitrogens with two attached hydrogens (primary N) is 1. The molecule has 2 aliphatic heterocycles. The molecule has 0 aromatic carbocycles. The van der Waals surface area contributed by atoms with E-state index in [0.717, 1.165) is 51.4 Å². The quantitative estimate of drug-likeness (QED) is 0.779. The van der Waals surface area contributed by atoms with Crippen LogP contribution in [0.2, 0.25) is 0 Å². The fourth-order valence-corrected chi connectivity index (χ4v) is 4.52. The maximum atomic E-state index is 13.0. The molecule has 0 spiro atoms. The van der Waals surface area contributed by atoms with Crippen LogP contribution < -0.4 is 5.73 Å². The molecule has 4 unspecified atom stereocenters. The van der Waals surface area contributed by atoms with E-state index in [1.807, 2.05) is 0 Å². The second-order valence-electron chi connectivity index (χ2n) is 7.02. The molecule has 1 aliphatic carbocycles. The molecule has 2 saturated heterocycles. The number of carbonyl (C=O) groups excluding carboxylic acids is 1. The van der Waals surface area contributed by atoms with Crippen LogP contribution in [0.3, 0.4) is 0 Å². The van der Waals surface area contributed by atoms with Crippen molar-refractivity contribution in [1.29, 1.82) is 0 Å². The number of halogens is 1. The van der Waals surface area contributed by atoms with Crippen molar-refractivity contribution in [1.82, 2.24) is 4.90 Å². The number of carbonyl (C=O) groups is 1. The fraction of sp³-hybridized carbons (Fsp3) is 0.938. The Kier molecular flexibility index (Phi) is 5.92. The molecule has 5 heteroatoms. The first-order chi connectivity index (χ1) is 9.66. The summed E-state index contributed by atoms with van der Waals surface area (Å²) in [7, 11) is 0. The van der Waals surface area contributed by atoms with Gasteiger partial charge in [-0.25, -0.2) is 0 Å². The highest BCUT2D eigenvalue weighted by atomic mass is 35.5. The van der Waals surface area contributed by atoms with E-state index in [4.69, 9.17) is 5.73 Å². The summed E-state index contributed by atoms with van der Waals surface area (Å²) < 4.78 is 0. The minimum atomic E-state index is -0.206. The van der Waals surface area contributed by atoms with Gasteiger partial charge in [-0.2, -0.15) is 0 Å². The summed E-state index contributed by atoms with van der Waals surface area (Å²) in [4.78, 5) is 15.1. The molecular weight excluding hydrogens is 288 g/mol. The molecule has 0 radical (unpaired) electrons. The van der Waals surface area contributed by atoms with Gasteiger partial charge in [0.05, 0.1) is 12.0 Å². The second kappa shape index (κ2) is 7.30. The molecule has 2 bridgehead atoms. The van der Waals surface area contributed by atoms with Gasteiger partial charge in [0.1, 0.15) is 0 Å². The van der Waals surface area contributed by atoms with Crippen molar-refractivity contribution in [2.24, 2.45) is 11.7 Å². The van der Waals surface area contributed by atoms with Crippen LogP contribution in [0, 0.1) is 5.92 Å². The van der Waals surface area contributed by atoms with Gasteiger partial charge in [0, 0.05) is 18.1 Å². The summed E-state index contributed by atoms with van der Waals surface area (Å²) in [5, 5.41) is 9.87. The minimum absolute atomic E-state index is 0. The van der Waals surface area contributed by atoms with Crippen molar-refractivity contribution in [3.63, 3.8) is 0 Å². The minimum Gasteiger partial charge on any atom is -0.393 e. The Labute approximate surface area is 133 Å². The zero-order valence-electron chi connectivity index (χ0n) is 12.7. The Morgan fingerprint density at radius 1 is 0.952 bits per heavy atom. The van der Waals surface area contributed by atoms with Crippen molar-refractivity contribution >= 4 is 18.3 Å². The second-order valence-corrected chi connectivity index (χ2v) is 7.02. The summed E-state index contributed by atoms with van der Waals surface area (Å²) in [6.07, 6.45) is 10.2. The molecule has 3 aliphatic rings. The van der Waals surface area contributed by atoms with E-state index in [-0.39, 0.29) is 42.6 Å². The Hall–Kier alpha value is -0.320. The zero-order chi connectivity index (χ0) is 14.1. The molecule has 1 saturated carbocycles. The first-order valence-electron chi connectivity index (χ1n) is 8.42. The third-order valence-electron chi connectivity index (χ3n) is 5.60. The SMILES string of the molecule is Cl.NC1CCCCCCC1C(=O)N1C2CCC1CC(O)C2. The fourth-order valence-electron chi connectivity index (χ4n) is 4.52. The van der Waals surface area contributed by atoms with Crippen molar-refractivity contribution in [3.05, 3.63) is 0 Å². The topological polar surface area (TPSA) is 66.6 Å². The summed E-state index contributed by atoms with van der Waals surface area (Å²) in [6.45, 7) is 0. The smallest absolute Gasteiger partial charge is 0.227 e. The van der Waals surface area contributed by atoms with Crippen LogP contribution in [0.15, 0.2) is 0 Å². The molecule has 3 fully saturated rings. The van der Waals surface area contributed by atoms with Crippen LogP contribution in [-0.2, 0) is 4.79 Å². The van der Waals surface area contributed by atoms with Crippen molar-refractivity contribution < 1.29 is 9.90 Å². The molecule has 0 aromatic rings. The van der Waals surface area contributed by atoms with E-state index in [2.05, 4.69) is 4.90 Å². The highest BCUT2D eigenvalue weighted by Gasteiger charge is 2.45. The van der Waals surface area contributed by atoms with Crippen LogP contribution in [0.1, 0.15) is 64.2 Å². The van der Waals surface area contributed by atoms with Crippen LogP contribution in [0.4, 0.5) is 0 Å². The molecular formula is C16H29ClN2O2. The molecule has 21 heavy (non-hydrogen) atoms. The Bertz CT molecular complexity index is 352. The number of hydrogen-bond donors (Lipinski definition) is 2. The van der Waals surface area contributed by atoms with E-state index in [0.29, 0.717) is 5.91 Å². The van der Waals surface area contributed by atoms with E-state index < -0.39 is 0 Å². The van der Waals surface area contributed by atoms with Crippen molar-refractivity contribution in [3.8, 4) is 0 Å². The maximum absolute atomic E-state index is 13.0. The van der Waals surface area contributed by atoms with Gasteiger partial charge in [-0.1, -0.05) is 25.7 Å². The van der Waals surface area contributed by atoms with E-state index in [9.17, 15) is 9.90 Å². The molecule has 3 rings (SSSR count). The molecule has 4 atom stereocenters. The lowest BCUT2D eigenvalue weighted by Gasteiger charge is -2.40. The number of piperidine rings is 1. The number of hydrogen-bond acceptors (Lipinski definition) is 3. The van der Waals surface area contributed by atoms with Gasteiger partial charge in [0.25, 0.3) is 0 Å². The summed E-state index contributed by atoms with van der Waals surface area (Å²) in [5.41, 5.74) is 6.30. The summed E-state index contributed by atoms with van der Waals surface area (Å²) in [5.74, 6) is 0.312. The number of fused-ring (bicyclic) bond motifs is 2. The standard InChI is InChI=1S/C16H28N2O2.ClH/c17-15-6-4-2-1-3-5-14(15)16(20)18-11-7-8-12(18)10-13(19)9-11;/h11-15,19H,1-10,17H2;1H. The predicted octanol–water partition coefficient (Wildman–Crippen LogP) is 2.22. The lowest BCUT2D eigenvalue weighted by atomic mass is 9.85. The van der Waals surface area contributed by atoms with Crippen molar-refractivity contribution in [2.45, 2.75) is 88.4 Å². The Balaban J connectivity index is 0.00000161.